The molecule has 0 spiro atoms. The SMILES string of the molecule is CC(=O)OCC[C@H](C[C@H](O)C[C@@H](O)C[C@@H]1C[C@H](C[C@@H](CCOC(C)=O)OCOCc2ccccc2)OC(C)(C)O1)OCOCc1ccccc1. The molecule has 1 heterocycles. The van der Waals surface area contributed by atoms with Gasteiger partial charge in [0.05, 0.1) is 63.1 Å². The molecule has 0 saturated carbocycles. The molecule has 1 aliphatic heterocycles. The van der Waals surface area contributed by atoms with Crippen molar-refractivity contribution in [1.29, 1.82) is 0 Å². The quantitative estimate of drug-likeness (QED) is 0.0840. The van der Waals surface area contributed by atoms with Gasteiger partial charge in [0.2, 0.25) is 0 Å². The van der Waals surface area contributed by atoms with E-state index in [0.29, 0.717) is 45.3 Å². The lowest BCUT2D eigenvalue weighted by Crippen LogP contribution is -2.47. The molecule has 1 fully saturated rings. The zero-order valence-electron chi connectivity index (χ0n) is 29.9. The average Bonchev–Trinajstić information content (AvgIpc) is 3.04. The van der Waals surface area contributed by atoms with Gasteiger partial charge in [0, 0.05) is 39.5 Å². The van der Waals surface area contributed by atoms with Crippen molar-refractivity contribution in [1.82, 2.24) is 0 Å². The van der Waals surface area contributed by atoms with E-state index in [1.165, 1.54) is 13.8 Å². The van der Waals surface area contributed by atoms with Gasteiger partial charge < -0.3 is 48.1 Å². The van der Waals surface area contributed by atoms with Crippen LogP contribution < -0.4 is 0 Å². The van der Waals surface area contributed by atoms with E-state index in [1.54, 1.807) is 0 Å². The number of rotatable bonds is 24. The highest BCUT2D eigenvalue weighted by atomic mass is 16.7. The molecule has 2 aromatic carbocycles. The standard InChI is InChI=1S/C38H56O12/c1-28(39)45-17-15-34(47-26-43-24-30-11-7-5-8-12-30)20-32(41)19-33(42)21-36-23-37(50-38(3,4)49-36)22-35(16-18-46-29(2)40)48-27-44-25-31-13-9-6-10-14-31/h5-14,32-37,41-42H,15-27H2,1-4H3/t32-,33-,34-,35-,36-,37+/m1/s1. The van der Waals surface area contributed by atoms with E-state index in [2.05, 4.69) is 0 Å². The Balaban J connectivity index is 1.48. The van der Waals surface area contributed by atoms with Gasteiger partial charge in [-0.25, -0.2) is 0 Å². The van der Waals surface area contributed by atoms with Crippen LogP contribution in [0.5, 0.6) is 0 Å². The Morgan fingerprint density at radius 2 is 1.20 bits per heavy atom. The fourth-order valence-electron chi connectivity index (χ4n) is 5.88. The number of ether oxygens (including phenoxy) is 8. The van der Waals surface area contributed by atoms with Gasteiger partial charge in [-0.15, -0.1) is 0 Å². The molecule has 3 rings (SSSR count). The lowest BCUT2D eigenvalue weighted by Gasteiger charge is -2.42. The summed E-state index contributed by atoms with van der Waals surface area (Å²) in [6.07, 6.45) is -0.607. The molecule has 0 unspecified atom stereocenters. The smallest absolute Gasteiger partial charge is 0.302 e. The monoisotopic (exact) mass is 704 g/mol. The normalized spacial score (nSPS) is 19.6. The molecule has 50 heavy (non-hydrogen) atoms. The Hall–Kier alpha value is -2.94. The lowest BCUT2D eigenvalue weighted by molar-refractivity contribution is -0.307. The summed E-state index contributed by atoms with van der Waals surface area (Å²) in [5, 5.41) is 21.9. The van der Waals surface area contributed by atoms with Crippen LogP contribution in [0.4, 0.5) is 0 Å². The van der Waals surface area contributed by atoms with Crippen LogP contribution in [0.25, 0.3) is 0 Å². The topological polar surface area (TPSA) is 148 Å². The summed E-state index contributed by atoms with van der Waals surface area (Å²) in [5.41, 5.74) is 2.04. The van der Waals surface area contributed by atoms with Gasteiger partial charge in [-0.05, 0) is 44.2 Å². The lowest BCUT2D eigenvalue weighted by atomic mass is 9.95. The van der Waals surface area contributed by atoms with E-state index in [1.807, 2.05) is 74.5 Å². The maximum atomic E-state index is 11.4. The minimum atomic E-state index is -0.911. The number of carbonyl (C=O) groups is 2. The third-order valence-electron chi connectivity index (χ3n) is 8.05. The number of esters is 2. The maximum Gasteiger partial charge on any atom is 0.302 e. The van der Waals surface area contributed by atoms with E-state index in [9.17, 15) is 19.8 Å². The number of benzene rings is 2. The Morgan fingerprint density at radius 3 is 1.72 bits per heavy atom. The van der Waals surface area contributed by atoms with Gasteiger partial charge in [0.15, 0.2) is 5.79 Å². The highest BCUT2D eigenvalue weighted by Crippen LogP contribution is 2.32. The Labute approximate surface area is 296 Å². The van der Waals surface area contributed by atoms with E-state index in [-0.39, 0.29) is 63.9 Å². The van der Waals surface area contributed by atoms with Crippen LogP contribution in [0.15, 0.2) is 60.7 Å². The van der Waals surface area contributed by atoms with E-state index >= 15 is 0 Å². The number of aliphatic hydroxyl groups excluding tert-OH is 2. The van der Waals surface area contributed by atoms with Gasteiger partial charge in [0.25, 0.3) is 0 Å². The predicted molar refractivity (Wildman–Crippen MR) is 183 cm³/mol. The molecular formula is C38H56O12. The maximum absolute atomic E-state index is 11.4. The second kappa shape index (κ2) is 22.8. The van der Waals surface area contributed by atoms with Crippen molar-refractivity contribution in [2.75, 3.05) is 26.8 Å². The zero-order chi connectivity index (χ0) is 36.2. The number of aliphatic hydroxyl groups is 2. The van der Waals surface area contributed by atoms with Gasteiger partial charge >= 0.3 is 11.9 Å². The number of hydrogen-bond donors (Lipinski definition) is 2. The first-order valence-corrected chi connectivity index (χ1v) is 17.4. The molecule has 0 amide bonds. The van der Waals surface area contributed by atoms with E-state index < -0.39 is 30.1 Å². The van der Waals surface area contributed by atoms with Crippen molar-refractivity contribution < 1.29 is 57.7 Å². The Morgan fingerprint density at radius 1 is 0.720 bits per heavy atom. The first-order chi connectivity index (χ1) is 24.0. The first-order valence-electron chi connectivity index (χ1n) is 17.4. The van der Waals surface area contributed by atoms with E-state index in [0.717, 1.165) is 11.1 Å². The van der Waals surface area contributed by atoms with Crippen LogP contribution in [0.2, 0.25) is 0 Å². The van der Waals surface area contributed by atoms with Crippen molar-refractivity contribution in [2.24, 2.45) is 0 Å². The summed E-state index contributed by atoms with van der Waals surface area (Å²) in [6.45, 7) is 7.57. The summed E-state index contributed by atoms with van der Waals surface area (Å²) >= 11 is 0. The second-order valence-electron chi connectivity index (χ2n) is 13.1. The van der Waals surface area contributed by atoms with Gasteiger partial charge in [0.1, 0.15) is 13.6 Å². The minimum absolute atomic E-state index is 0.00598. The van der Waals surface area contributed by atoms with Crippen LogP contribution in [0.3, 0.4) is 0 Å². The minimum Gasteiger partial charge on any atom is -0.466 e. The summed E-state index contributed by atoms with van der Waals surface area (Å²) in [6, 6.07) is 19.5. The Kier molecular flexibility index (Phi) is 18.9. The van der Waals surface area contributed by atoms with Crippen LogP contribution in [0, 0.1) is 0 Å². The summed E-state index contributed by atoms with van der Waals surface area (Å²) in [7, 11) is 0. The predicted octanol–water partition coefficient (Wildman–Crippen LogP) is 5.20. The second-order valence-corrected chi connectivity index (χ2v) is 13.1. The molecule has 12 heteroatoms. The van der Waals surface area contributed by atoms with Gasteiger partial charge in [-0.1, -0.05) is 60.7 Å². The third-order valence-corrected chi connectivity index (χ3v) is 8.05. The molecule has 2 N–H and O–H groups in total. The Bertz CT molecular complexity index is 1210. The molecule has 1 aliphatic rings. The van der Waals surface area contributed by atoms with Crippen molar-refractivity contribution in [3.8, 4) is 0 Å². The van der Waals surface area contributed by atoms with Crippen molar-refractivity contribution in [3.63, 3.8) is 0 Å². The molecule has 12 nitrogen and oxygen atoms in total. The highest BCUT2D eigenvalue weighted by Gasteiger charge is 2.37. The summed E-state index contributed by atoms with van der Waals surface area (Å²) in [4.78, 5) is 22.7. The van der Waals surface area contributed by atoms with Gasteiger partial charge in [-0.2, -0.15) is 0 Å². The molecule has 0 aliphatic carbocycles. The van der Waals surface area contributed by atoms with Gasteiger partial charge in [-0.3, -0.25) is 9.59 Å². The van der Waals surface area contributed by atoms with Crippen LogP contribution in [-0.2, 0) is 60.7 Å². The number of carbonyl (C=O) groups excluding carboxylic acids is 2. The molecule has 280 valence electrons. The largest absolute Gasteiger partial charge is 0.466 e. The zero-order valence-corrected chi connectivity index (χ0v) is 29.9. The van der Waals surface area contributed by atoms with E-state index in [4.69, 9.17) is 37.9 Å². The molecule has 2 aromatic rings. The average molecular weight is 705 g/mol. The molecule has 6 atom stereocenters. The molecule has 0 radical (unpaired) electrons. The van der Waals surface area contributed by atoms with Crippen molar-refractivity contribution in [3.05, 3.63) is 71.8 Å². The highest BCUT2D eigenvalue weighted by molar-refractivity contribution is 5.66. The summed E-state index contributed by atoms with van der Waals surface area (Å²) in [5.74, 6) is -1.66. The molecule has 0 aromatic heterocycles. The van der Waals surface area contributed by atoms with Crippen molar-refractivity contribution in [2.45, 2.75) is 128 Å². The fourth-order valence-corrected chi connectivity index (χ4v) is 5.88. The molecule has 1 saturated heterocycles. The first kappa shape index (κ1) is 41.5. The summed E-state index contributed by atoms with van der Waals surface area (Å²) < 4.78 is 46.0. The van der Waals surface area contributed by atoms with Crippen molar-refractivity contribution >= 4 is 11.9 Å². The van der Waals surface area contributed by atoms with Crippen LogP contribution in [0.1, 0.15) is 83.8 Å². The van der Waals surface area contributed by atoms with Crippen LogP contribution >= 0.6 is 0 Å². The molecule has 0 bridgehead atoms. The van der Waals surface area contributed by atoms with Crippen LogP contribution in [-0.4, -0.2) is 91.4 Å². The third kappa shape index (κ3) is 18.3. The fraction of sp³-hybridized carbons (Fsp3) is 0.632. The number of hydrogen-bond acceptors (Lipinski definition) is 12. The molecular weight excluding hydrogens is 648 g/mol.